The highest BCUT2D eigenvalue weighted by Gasteiger charge is 2.66. The zero-order valence-corrected chi connectivity index (χ0v) is 15.6. The second-order valence-electron chi connectivity index (χ2n) is 7.24. The maximum atomic E-state index is 13.3. The largest absolute Gasteiger partial charge is 0.381 e. The predicted molar refractivity (Wildman–Crippen MR) is 95.6 cm³/mol. The molecule has 2 aliphatic carbocycles. The van der Waals surface area contributed by atoms with Crippen molar-refractivity contribution in [2.45, 2.75) is 43.7 Å². The Morgan fingerprint density at radius 2 is 2.08 bits per heavy atom. The summed E-state index contributed by atoms with van der Waals surface area (Å²) in [6, 6.07) is 6.22. The molecule has 4 rings (SSSR count). The van der Waals surface area contributed by atoms with Gasteiger partial charge in [0.2, 0.25) is 0 Å². The molecule has 0 bridgehead atoms. The van der Waals surface area contributed by atoms with Gasteiger partial charge in [0.15, 0.2) is 11.5 Å². The van der Waals surface area contributed by atoms with Gasteiger partial charge in [-0.3, -0.25) is 9.69 Å². The Morgan fingerprint density at radius 1 is 1.38 bits per heavy atom. The third-order valence-electron chi connectivity index (χ3n) is 6.22. The number of hydrogen-bond acceptors (Lipinski definition) is 4. The van der Waals surface area contributed by atoms with Crippen molar-refractivity contribution in [1.29, 1.82) is 0 Å². The molecule has 0 saturated heterocycles. The van der Waals surface area contributed by atoms with Crippen LogP contribution in [-0.2, 0) is 21.5 Å². The zero-order valence-electron chi connectivity index (χ0n) is 14.0. The lowest BCUT2D eigenvalue weighted by Gasteiger charge is -2.45. The maximum absolute atomic E-state index is 13.3. The second-order valence-corrected chi connectivity index (χ2v) is 8.15. The highest BCUT2D eigenvalue weighted by atomic mass is 79.9. The van der Waals surface area contributed by atoms with Gasteiger partial charge in [-0.15, -0.1) is 0 Å². The topological polar surface area (TPSA) is 67.9 Å². The summed E-state index contributed by atoms with van der Waals surface area (Å²) in [6.07, 6.45) is 4.92. The number of nitrogens with two attached hydrogens (primary N) is 1. The van der Waals surface area contributed by atoms with E-state index in [1.807, 2.05) is 6.07 Å². The van der Waals surface area contributed by atoms with Gasteiger partial charge in [-0.25, -0.2) is 4.99 Å². The molecule has 1 saturated carbocycles. The van der Waals surface area contributed by atoms with Gasteiger partial charge in [0.25, 0.3) is 5.91 Å². The van der Waals surface area contributed by atoms with E-state index < -0.39 is 5.54 Å². The van der Waals surface area contributed by atoms with E-state index in [1.54, 1.807) is 14.2 Å². The number of fused-ring (bicyclic) bond motifs is 3. The molecule has 128 valence electrons. The molecule has 1 aliphatic heterocycles. The minimum atomic E-state index is -0.871. The number of hydrogen-bond donors (Lipinski definition) is 1. The van der Waals surface area contributed by atoms with Gasteiger partial charge in [-0.1, -0.05) is 22.0 Å². The van der Waals surface area contributed by atoms with Crippen LogP contribution in [0.2, 0.25) is 0 Å². The number of likely N-dealkylation sites (N-methyl/N-ethyl adjacent to an activating group) is 1. The van der Waals surface area contributed by atoms with Crippen molar-refractivity contribution in [1.82, 2.24) is 4.90 Å². The van der Waals surface area contributed by atoms with Gasteiger partial charge < -0.3 is 10.5 Å². The molecule has 1 heterocycles. The lowest BCUT2D eigenvalue weighted by Crippen LogP contribution is -2.51. The van der Waals surface area contributed by atoms with E-state index in [1.165, 1.54) is 10.5 Å². The van der Waals surface area contributed by atoms with E-state index in [0.29, 0.717) is 5.96 Å². The standard InChI is InChI=1S/C18H22BrN3O2/c1-22-15(23)18(21-16(22)20)14-9-12(19)4-3-11(14)10-17(18)7-5-13(24-2)6-8-17/h3-4,9,13H,5-8,10H2,1-2H3,(H2,20,21)/t13?,17?,18-/m0/s1. The van der Waals surface area contributed by atoms with Gasteiger partial charge in [0, 0.05) is 24.0 Å². The SMILES string of the molecule is COC1CCC2(CC1)Cc1ccc(Br)cc1[C@@]21N=C(N)N(C)C1=O. The third-order valence-corrected chi connectivity index (χ3v) is 6.71. The van der Waals surface area contributed by atoms with Crippen molar-refractivity contribution < 1.29 is 9.53 Å². The summed E-state index contributed by atoms with van der Waals surface area (Å²) in [5.74, 6) is 0.328. The Hall–Kier alpha value is -1.40. The zero-order chi connectivity index (χ0) is 17.1. The molecule has 2 N–H and O–H groups in total. The Morgan fingerprint density at radius 3 is 2.67 bits per heavy atom. The first-order valence-electron chi connectivity index (χ1n) is 8.39. The van der Waals surface area contributed by atoms with Crippen molar-refractivity contribution in [3.63, 3.8) is 0 Å². The van der Waals surface area contributed by atoms with E-state index in [4.69, 9.17) is 15.5 Å². The van der Waals surface area contributed by atoms with Crippen LogP contribution in [0, 0.1) is 5.41 Å². The highest BCUT2D eigenvalue weighted by molar-refractivity contribution is 9.10. The molecule has 0 radical (unpaired) electrons. The average Bonchev–Trinajstić information content (AvgIpc) is 2.97. The first-order valence-corrected chi connectivity index (χ1v) is 9.18. The summed E-state index contributed by atoms with van der Waals surface area (Å²) in [7, 11) is 3.49. The van der Waals surface area contributed by atoms with E-state index >= 15 is 0 Å². The molecule has 2 spiro atoms. The molecule has 24 heavy (non-hydrogen) atoms. The minimum absolute atomic E-state index is 0.00715. The molecule has 5 nitrogen and oxygen atoms in total. The van der Waals surface area contributed by atoms with Crippen molar-refractivity contribution in [3.8, 4) is 0 Å². The van der Waals surface area contributed by atoms with Crippen molar-refractivity contribution in [3.05, 3.63) is 33.8 Å². The van der Waals surface area contributed by atoms with Crippen LogP contribution in [0.3, 0.4) is 0 Å². The number of halogens is 1. The van der Waals surface area contributed by atoms with Crippen LogP contribution in [0.15, 0.2) is 27.7 Å². The number of amides is 1. The lowest BCUT2D eigenvalue weighted by atomic mass is 9.61. The Kier molecular flexibility index (Phi) is 3.55. The smallest absolute Gasteiger partial charge is 0.262 e. The molecule has 0 unspecified atom stereocenters. The van der Waals surface area contributed by atoms with E-state index in [-0.39, 0.29) is 17.4 Å². The fourth-order valence-electron chi connectivity index (χ4n) is 4.90. The van der Waals surface area contributed by atoms with Crippen LogP contribution >= 0.6 is 15.9 Å². The normalized spacial score (nSPS) is 35.0. The number of ether oxygens (including phenoxy) is 1. The Labute approximate surface area is 150 Å². The monoisotopic (exact) mass is 391 g/mol. The quantitative estimate of drug-likeness (QED) is 0.799. The predicted octanol–water partition coefficient (Wildman–Crippen LogP) is 2.56. The van der Waals surface area contributed by atoms with Gasteiger partial charge >= 0.3 is 0 Å². The third kappa shape index (κ3) is 1.90. The lowest BCUT2D eigenvalue weighted by molar-refractivity contribution is -0.137. The van der Waals surface area contributed by atoms with Crippen molar-refractivity contribution in [2.75, 3.05) is 14.2 Å². The Bertz CT molecular complexity index is 740. The molecule has 3 aliphatic rings. The second kappa shape index (κ2) is 5.30. The van der Waals surface area contributed by atoms with Crippen LogP contribution in [0.5, 0.6) is 0 Å². The Balaban J connectivity index is 1.89. The summed E-state index contributed by atoms with van der Waals surface area (Å²) in [5.41, 5.74) is 7.25. The van der Waals surface area contributed by atoms with Crippen LogP contribution in [0.1, 0.15) is 36.8 Å². The van der Waals surface area contributed by atoms with E-state index in [2.05, 4.69) is 28.1 Å². The number of carbonyl (C=O) groups is 1. The summed E-state index contributed by atoms with van der Waals surface area (Å²) in [4.78, 5) is 19.6. The number of rotatable bonds is 1. The van der Waals surface area contributed by atoms with Crippen LogP contribution in [0.4, 0.5) is 0 Å². The summed E-state index contributed by atoms with van der Waals surface area (Å²) >= 11 is 3.55. The molecule has 6 heteroatoms. The average molecular weight is 392 g/mol. The summed E-state index contributed by atoms with van der Waals surface area (Å²) in [6.45, 7) is 0. The summed E-state index contributed by atoms with van der Waals surface area (Å²) < 4.78 is 6.52. The molecule has 1 atom stereocenters. The molecular formula is C18H22BrN3O2. The van der Waals surface area contributed by atoms with E-state index in [0.717, 1.165) is 42.1 Å². The van der Waals surface area contributed by atoms with E-state index in [9.17, 15) is 4.79 Å². The number of methoxy groups -OCH3 is 1. The molecule has 1 amide bonds. The molecule has 1 fully saturated rings. The van der Waals surface area contributed by atoms with Gasteiger partial charge in [0.05, 0.1) is 6.10 Å². The van der Waals surface area contributed by atoms with Crippen molar-refractivity contribution >= 4 is 27.8 Å². The van der Waals surface area contributed by atoms with Crippen molar-refractivity contribution in [2.24, 2.45) is 16.1 Å². The fourth-order valence-corrected chi connectivity index (χ4v) is 5.26. The summed E-state index contributed by atoms with van der Waals surface area (Å²) in [5, 5.41) is 0. The van der Waals surface area contributed by atoms with Gasteiger partial charge in [0.1, 0.15) is 0 Å². The fraction of sp³-hybridized carbons (Fsp3) is 0.556. The van der Waals surface area contributed by atoms with Crippen LogP contribution in [0.25, 0.3) is 0 Å². The molecule has 1 aromatic rings. The van der Waals surface area contributed by atoms with Crippen LogP contribution in [-0.4, -0.2) is 37.0 Å². The maximum Gasteiger partial charge on any atom is 0.262 e. The first kappa shape index (κ1) is 16.1. The number of benzene rings is 1. The van der Waals surface area contributed by atoms with Gasteiger partial charge in [-0.2, -0.15) is 0 Å². The number of guanidine groups is 1. The minimum Gasteiger partial charge on any atom is -0.381 e. The first-order chi connectivity index (χ1) is 11.4. The number of aliphatic imine (C=N–C) groups is 1. The number of nitrogens with zero attached hydrogens (tertiary/aromatic N) is 2. The molecule has 0 aromatic heterocycles. The molecular weight excluding hydrogens is 370 g/mol. The molecule has 1 aromatic carbocycles. The number of carbonyl (C=O) groups excluding carboxylic acids is 1. The highest BCUT2D eigenvalue weighted by Crippen LogP contribution is 2.61. The van der Waals surface area contributed by atoms with Crippen LogP contribution < -0.4 is 5.73 Å². The van der Waals surface area contributed by atoms with Gasteiger partial charge in [-0.05, 0) is 55.4 Å².